The Bertz CT molecular complexity index is 2770. The Kier molecular flexibility index (Phi) is 5.12. The molecule has 4 heterocycles. The van der Waals surface area contributed by atoms with Crippen LogP contribution in [0.4, 0.5) is 0 Å². The van der Waals surface area contributed by atoms with Crippen molar-refractivity contribution >= 4 is 75.4 Å². The van der Waals surface area contributed by atoms with E-state index in [1.54, 1.807) is 0 Å². The molecule has 0 spiro atoms. The molecule has 210 valence electrons. The lowest BCUT2D eigenvalue weighted by Crippen LogP contribution is -2.00. The molecule has 0 atom stereocenters. The fourth-order valence-corrected chi connectivity index (χ4v) is 8.13. The van der Waals surface area contributed by atoms with E-state index in [4.69, 9.17) is 14.4 Å². The van der Waals surface area contributed by atoms with Crippen LogP contribution in [0.15, 0.2) is 144 Å². The van der Waals surface area contributed by atoms with Crippen LogP contribution in [-0.4, -0.2) is 14.5 Å². The van der Waals surface area contributed by atoms with Crippen LogP contribution in [0, 0.1) is 0 Å². The van der Waals surface area contributed by atoms with Crippen LogP contribution in [0.25, 0.3) is 92.4 Å². The van der Waals surface area contributed by atoms with Crippen molar-refractivity contribution in [2.24, 2.45) is 0 Å². The van der Waals surface area contributed by atoms with E-state index in [1.165, 1.54) is 36.5 Å². The number of rotatable bonds is 3. The Morgan fingerprint density at radius 2 is 1.27 bits per heavy atom. The first kappa shape index (κ1) is 24.6. The van der Waals surface area contributed by atoms with Crippen molar-refractivity contribution in [3.8, 4) is 28.3 Å². The van der Waals surface area contributed by atoms with Crippen molar-refractivity contribution in [1.29, 1.82) is 0 Å². The van der Waals surface area contributed by atoms with E-state index in [1.807, 2.05) is 47.7 Å². The van der Waals surface area contributed by atoms with Crippen LogP contribution in [0.3, 0.4) is 0 Å². The Balaban J connectivity index is 1.33. The van der Waals surface area contributed by atoms with Gasteiger partial charge in [-0.15, -0.1) is 11.3 Å². The van der Waals surface area contributed by atoms with Crippen molar-refractivity contribution < 1.29 is 4.42 Å². The van der Waals surface area contributed by atoms with Gasteiger partial charge in [-0.05, 0) is 30.3 Å². The van der Waals surface area contributed by atoms with Gasteiger partial charge in [0.05, 0.1) is 32.5 Å². The highest BCUT2D eigenvalue weighted by molar-refractivity contribution is 7.26. The molecule has 0 saturated heterocycles. The molecule has 0 amide bonds. The molecule has 5 heteroatoms. The lowest BCUT2D eigenvalue weighted by molar-refractivity contribution is 0.653. The van der Waals surface area contributed by atoms with Crippen LogP contribution in [0.2, 0.25) is 0 Å². The first-order chi connectivity index (χ1) is 22.3. The zero-order valence-corrected chi connectivity index (χ0v) is 24.8. The summed E-state index contributed by atoms with van der Waals surface area (Å²) < 4.78 is 11.4. The third-order valence-electron chi connectivity index (χ3n) is 8.85. The minimum atomic E-state index is 0.587. The summed E-state index contributed by atoms with van der Waals surface area (Å²) in [5.41, 5.74) is 7.61. The Hall–Kier alpha value is -5.78. The van der Waals surface area contributed by atoms with Crippen molar-refractivity contribution in [3.05, 3.63) is 140 Å². The molecule has 0 fully saturated rings. The Morgan fingerprint density at radius 3 is 2.18 bits per heavy atom. The van der Waals surface area contributed by atoms with Crippen LogP contribution in [-0.2, 0) is 0 Å². The SMILES string of the molecule is c1ccc(-c2nc(-c3ccccc3-n3c4ccccc4c4ccc5c6ccccc6sc5c43)nc3oc4ccccc4c23)cc1. The number of para-hydroxylation sites is 3. The second-order valence-corrected chi connectivity index (χ2v) is 12.4. The predicted octanol–water partition coefficient (Wildman–Crippen LogP) is 11.2. The molecule has 0 N–H and O–H groups in total. The maximum atomic E-state index is 6.38. The Labute approximate surface area is 261 Å². The van der Waals surface area contributed by atoms with E-state index in [0.29, 0.717) is 11.5 Å². The highest BCUT2D eigenvalue weighted by Crippen LogP contribution is 2.44. The minimum Gasteiger partial charge on any atom is -0.438 e. The van der Waals surface area contributed by atoms with Crippen LogP contribution in [0.1, 0.15) is 0 Å². The fraction of sp³-hybridized carbons (Fsp3) is 0. The molecule has 0 aliphatic rings. The molecule has 4 nitrogen and oxygen atoms in total. The molecule has 10 aromatic rings. The third kappa shape index (κ3) is 3.53. The largest absolute Gasteiger partial charge is 0.438 e. The second-order valence-electron chi connectivity index (χ2n) is 11.3. The van der Waals surface area contributed by atoms with Gasteiger partial charge in [0.1, 0.15) is 5.58 Å². The number of furan rings is 1. The van der Waals surface area contributed by atoms with E-state index in [9.17, 15) is 0 Å². The highest BCUT2D eigenvalue weighted by Gasteiger charge is 2.22. The van der Waals surface area contributed by atoms with Crippen molar-refractivity contribution in [2.75, 3.05) is 0 Å². The van der Waals surface area contributed by atoms with Gasteiger partial charge in [-0.25, -0.2) is 4.98 Å². The number of aromatic nitrogens is 3. The summed E-state index contributed by atoms with van der Waals surface area (Å²) in [5, 5.41) is 6.97. The summed E-state index contributed by atoms with van der Waals surface area (Å²) in [6, 6.07) is 48.8. The van der Waals surface area contributed by atoms with Crippen molar-refractivity contribution in [2.45, 2.75) is 0 Å². The summed E-state index contributed by atoms with van der Waals surface area (Å²) >= 11 is 1.85. The van der Waals surface area contributed by atoms with E-state index < -0.39 is 0 Å². The highest BCUT2D eigenvalue weighted by atomic mass is 32.1. The number of thiophene rings is 1. The van der Waals surface area contributed by atoms with Gasteiger partial charge in [-0.3, -0.25) is 0 Å². The summed E-state index contributed by atoms with van der Waals surface area (Å²) in [5.74, 6) is 0.630. The monoisotopic (exact) mass is 593 g/mol. The third-order valence-corrected chi connectivity index (χ3v) is 10.0. The molecule has 0 radical (unpaired) electrons. The first-order valence-corrected chi connectivity index (χ1v) is 15.8. The number of hydrogen-bond donors (Lipinski definition) is 0. The van der Waals surface area contributed by atoms with Gasteiger partial charge in [-0.1, -0.05) is 109 Å². The molecule has 0 aliphatic carbocycles. The van der Waals surface area contributed by atoms with Crippen molar-refractivity contribution in [1.82, 2.24) is 14.5 Å². The van der Waals surface area contributed by atoms with Gasteiger partial charge < -0.3 is 8.98 Å². The van der Waals surface area contributed by atoms with E-state index >= 15 is 0 Å². The van der Waals surface area contributed by atoms with Gasteiger partial charge in [0.15, 0.2) is 5.82 Å². The molecular weight excluding hydrogens is 571 g/mol. The lowest BCUT2D eigenvalue weighted by Gasteiger charge is -2.14. The quantitative estimate of drug-likeness (QED) is 0.205. The summed E-state index contributed by atoms with van der Waals surface area (Å²) in [6.07, 6.45) is 0. The Morgan fingerprint density at radius 1 is 0.556 bits per heavy atom. The smallest absolute Gasteiger partial charge is 0.231 e. The predicted molar refractivity (Wildman–Crippen MR) is 187 cm³/mol. The van der Waals surface area contributed by atoms with E-state index in [0.717, 1.165) is 44.4 Å². The number of hydrogen-bond acceptors (Lipinski definition) is 4. The average Bonchev–Trinajstić information content (AvgIpc) is 3.78. The fourth-order valence-electron chi connectivity index (χ4n) is 6.89. The molecule has 0 unspecified atom stereocenters. The molecule has 0 aliphatic heterocycles. The van der Waals surface area contributed by atoms with Crippen LogP contribution < -0.4 is 0 Å². The van der Waals surface area contributed by atoms with Gasteiger partial charge in [0, 0.05) is 42.8 Å². The second kappa shape index (κ2) is 9.36. The normalized spacial score (nSPS) is 12.0. The van der Waals surface area contributed by atoms with Crippen molar-refractivity contribution in [3.63, 3.8) is 0 Å². The van der Waals surface area contributed by atoms with Crippen LogP contribution in [0.5, 0.6) is 0 Å². The molecular formula is C40H23N3OS. The number of fused-ring (bicyclic) bond motifs is 10. The minimum absolute atomic E-state index is 0.587. The molecule has 0 saturated carbocycles. The van der Waals surface area contributed by atoms with Gasteiger partial charge in [0.2, 0.25) is 5.71 Å². The molecule has 4 aromatic heterocycles. The zero-order chi connectivity index (χ0) is 29.5. The van der Waals surface area contributed by atoms with Crippen LogP contribution >= 0.6 is 11.3 Å². The first-order valence-electron chi connectivity index (χ1n) is 15.0. The number of benzene rings is 6. The molecule has 10 rings (SSSR count). The summed E-state index contributed by atoms with van der Waals surface area (Å²) in [7, 11) is 0. The zero-order valence-electron chi connectivity index (χ0n) is 23.9. The lowest BCUT2D eigenvalue weighted by atomic mass is 10.1. The summed E-state index contributed by atoms with van der Waals surface area (Å²) in [4.78, 5) is 10.4. The van der Waals surface area contributed by atoms with E-state index in [2.05, 4.69) is 108 Å². The molecule has 6 aromatic carbocycles. The van der Waals surface area contributed by atoms with E-state index in [-0.39, 0.29) is 0 Å². The standard InChI is InChI=1S/C40H23N3OS/c1-2-12-24(13-3-1)36-35-30-17-6-10-20-33(30)44-40(35)42-39(41-36)29-16-5-9-19-32(29)43-31-18-8-4-14-25(31)27-22-23-28-26-15-7-11-21-34(26)45-38(28)37(27)43/h1-23H. The topological polar surface area (TPSA) is 43.9 Å². The van der Waals surface area contributed by atoms with Gasteiger partial charge in [0.25, 0.3) is 0 Å². The van der Waals surface area contributed by atoms with Gasteiger partial charge in [-0.2, -0.15) is 4.98 Å². The molecule has 45 heavy (non-hydrogen) atoms. The molecule has 0 bridgehead atoms. The maximum absolute atomic E-state index is 6.38. The van der Waals surface area contributed by atoms with Gasteiger partial charge >= 0.3 is 0 Å². The maximum Gasteiger partial charge on any atom is 0.231 e. The average molecular weight is 594 g/mol. The summed E-state index contributed by atoms with van der Waals surface area (Å²) in [6.45, 7) is 0. The number of nitrogens with zero attached hydrogens (tertiary/aromatic N) is 3.